The van der Waals surface area contributed by atoms with Crippen LogP contribution in [-0.4, -0.2) is 93.4 Å². The zero-order valence-electron chi connectivity index (χ0n) is 26.8. The number of nitrogens with zero attached hydrogens (tertiary/aromatic N) is 8. The zero-order chi connectivity index (χ0) is 32.5. The van der Waals surface area contributed by atoms with Crippen molar-refractivity contribution in [3.63, 3.8) is 0 Å². The van der Waals surface area contributed by atoms with E-state index < -0.39 is 0 Å². The Balaban J connectivity index is 1.11. The zero-order valence-corrected chi connectivity index (χ0v) is 26.8. The number of fused-ring (bicyclic) bond motifs is 4. The first kappa shape index (κ1) is 30.2. The normalized spacial score (nSPS) is 17.4. The molecule has 1 N–H and O–H groups in total. The summed E-state index contributed by atoms with van der Waals surface area (Å²) in [6.45, 7) is 5.60. The van der Waals surface area contributed by atoms with Crippen molar-refractivity contribution in [1.82, 2.24) is 34.0 Å². The van der Waals surface area contributed by atoms with Crippen molar-refractivity contribution in [2.24, 2.45) is 0 Å². The van der Waals surface area contributed by atoms with E-state index in [1.165, 1.54) is 16.4 Å². The molecule has 0 bridgehead atoms. The summed E-state index contributed by atoms with van der Waals surface area (Å²) in [7, 11) is 2.15. The van der Waals surface area contributed by atoms with Gasteiger partial charge in [-0.2, -0.15) is 9.50 Å². The van der Waals surface area contributed by atoms with Gasteiger partial charge in [0, 0.05) is 61.9 Å². The van der Waals surface area contributed by atoms with E-state index in [2.05, 4.69) is 49.2 Å². The van der Waals surface area contributed by atoms with E-state index in [9.17, 15) is 4.79 Å². The monoisotopic (exact) mass is 647 g/mol. The average molecular weight is 648 g/mol. The third-order valence-electron chi connectivity index (χ3n) is 8.89. The van der Waals surface area contributed by atoms with Crippen molar-refractivity contribution >= 4 is 44.9 Å². The molecule has 8 rings (SSSR count). The minimum Gasteiger partial charge on any atom is -0.491 e. The number of ether oxygens (including phenoxy) is 3. The molecule has 4 aromatic heterocycles. The Morgan fingerprint density at radius 3 is 2.60 bits per heavy atom. The predicted molar refractivity (Wildman–Crippen MR) is 184 cm³/mol. The molecular weight excluding hydrogens is 610 g/mol. The van der Waals surface area contributed by atoms with Crippen LogP contribution in [0.1, 0.15) is 19.3 Å². The minimum atomic E-state index is -0.303. The largest absolute Gasteiger partial charge is 0.491 e. The highest BCUT2D eigenvalue weighted by Gasteiger charge is 2.20. The molecule has 0 radical (unpaired) electrons. The highest BCUT2D eigenvalue weighted by atomic mass is 16.7. The molecule has 13 heteroatoms. The lowest BCUT2D eigenvalue weighted by Crippen LogP contribution is -2.44. The van der Waals surface area contributed by atoms with Gasteiger partial charge in [0.25, 0.3) is 5.56 Å². The van der Waals surface area contributed by atoms with Crippen LogP contribution in [0.2, 0.25) is 0 Å². The lowest BCUT2D eigenvalue weighted by Gasteiger charge is -2.34. The first-order chi connectivity index (χ1) is 23.6. The molecule has 0 spiro atoms. The number of likely N-dealkylation sites (N-methyl/N-ethyl adjacent to an activating group) is 1. The Morgan fingerprint density at radius 2 is 1.81 bits per heavy atom. The molecule has 246 valence electrons. The number of hydrogen-bond acceptors (Lipinski definition) is 11. The van der Waals surface area contributed by atoms with Gasteiger partial charge in [0.1, 0.15) is 17.7 Å². The number of piperazine rings is 1. The quantitative estimate of drug-likeness (QED) is 0.225. The fourth-order valence-corrected chi connectivity index (χ4v) is 6.30. The van der Waals surface area contributed by atoms with E-state index in [4.69, 9.17) is 19.2 Å². The lowest BCUT2D eigenvalue weighted by molar-refractivity contribution is -0.165. The molecule has 48 heavy (non-hydrogen) atoms. The smallest absolute Gasteiger partial charge is 0.284 e. The average Bonchev–Trinajstić information content (AvgIpc) is 3.45. The maximum Gasteiger partial charge on any atom is 0.284 e. The molecular formula is C35H37N9O4. The second kappa shape index (κ2) is 13.2. The molecule has 0 saturated carbocycles. The van der Waals surface area contributed by atoms with Gasteiger partial charge in [-0.15, -0.1) is 0 Å². The van der Waals surface area contributed by atoms with E-state index in [0.717, 1.165) is 68.6 Å². The minimum absolute atomic E-state index is 0.173. The summed E-state index contributed by atoms with van der Waals surface area (Å²) in [5, 5.41) is 4.29. The molecule has 2 saturated heterocycles. The third kappa shape index (κ3) is 6.03. The number of anilines is 3. The second-order valence-electron chi connectivity index (χ2n) is 12.1. The molecule has 6 aromatic rings. The fourth-order valence-electron chi connectivity index (χ4n) is 6.30. The summed E-state index contributed by atoms with van der Waals surface area (Å²) >= 11 is 0. The number of nitrogens with one attached hydrogen (secondary N) is 1. The van der Waals surface area contributed by atoms with Crippen LogP contribution < -0.4 is 20.5 Å². The molecule has 0 amide bonds. The van der Waals surface area contributed by atoms with Crippen LogP contribution in [0, 0.1) is 0 Å². The number of aromatic nitrogens is 6. The number of pyridine rings is 1. The first-order valence-corrected chi connectivity index (χ1v) is 16.4. The first-order valence-electron chi connectivity index (χ1n) is 16.4. The standard InChI is InChI=1S/C35H37N9O4/c1-41-15-17-42(18-16-41)25-10-8-24(9-11-25)38-35-37-23-28-32(40-35)39-33-27-22-26(46-20-21-48-31-7-3-5-19-47-31)12-13-29(27)43(44(33)34(28)45)30-6-2-4-14-36-30/h2,4,6,8-14,22-23,31H,3,5,7,15-21H2,1H3,(H,37,38,40). The summed E-state index contributed by atoms with van der Waals surface area (Å²) in [6, 6.07) is 19.5. The molecule has 13 nitrogen and oxygen atoms in total. The van der Waals surface area contributed by atoms with E-state index in [1.54, 1.807) is 10.9 Å². The summed E-state index contributed by atoms with van der Waals surface area (Å²) in [5.74, 6) is 1.57. The molecule has 2 fully saturated rings. The van der Waals surface area contributed by atoms with E-state index in [0.29, 0.717) is 47.4 Å². The van der Waals surface area contributed by atoms with E-state index in [-0.39, 0.29) is 11.8 Å². The molecule has 2 aliphatic rings. The number of hydrogen-bond donors (Lipinski definition) is 1. The van der Waals surface area contributed by atoms with Crippen molar-refractivity contribution in [3.8, 4) is 11.6 Å². The van der Waals surface area contributed by atoms with Crippen LogP contribution in [0.15, 0.2) is 77.9 Å². The topological polar surface area (TPSA) is 124 Å². The van der Waals surface area contributed by atoms with Crippen molar-refractivity contribution in [3.05, 3.63) is 83.4 Å². The predicted octanol–water partition coefficient (Wildman–Crippen LogP) is 4.39. The maximum atomic E-state index is 14.1. The number of benzene rings is 2. The maximum absolute atomic E-state index is 14.1. The Labute approximate surface area is 276 Å². The second-order valence-corrected chi connectivity index (χ2v) is 12.1. The van der Waals surface area contributed by atoms with Gasteiger partial charge in [0.05, 0.1) is 12.1 Å². The fraction of sp³-hybridized carbons (Fsp3) is 0.343. The molecule has 1 unspecified atom stereocenters. The van der Waals surface area contributed by atoms with E-state index in [1.807, 2.05) is 48.5 Å². The highest BCUT2D eigenvalue weighted by Crippen LogP contribution is 2.29. The lowest BCUT2D eigenvalue weighted by atomic mass is 10.2. The Hall–Kier alpha value is -5.11. The molecule has 2 aliphatic heterocycles. The van der Waals surface area contributed by atoms with Gasteiger partial charge >= 0.3 is 0 Å². The van der Waals surface area contributed by atoms with Crippen LogP contribution in [-0.2, 0) is 9.47 Å². The Kier molecular flexibility index (Phi) is 8.30. The Morgan fingerprint density at radius 1 is 0.938 bits per heavy atom. The molecule has 6 heterocycles. The van der Waals surface area contributed by atoms with Gasteiger partial charge < -0.3 is 29.3 Å². The summed E-state index contributed by atoms with van der Waals surface area (Å²) < 4.78 is 20.8. The SMILES string of the molecule is CN1CCN(c2ccc(Nc3ncc4c(=O)n5c(nc4n3)c3cc(OCCOC4CCCCO4)ccc3n5-c3ccccn3)cc2)CC1. The summed E-state index contributed by atoms with van der Waals surface area (Å²) in [4.78, 5) is 37.4. The molecule has 1 atom stereocenters. The summed E-state index contributed by atoms with van der Waals surface area (Å²) in [6.07, 6.45) is 6.13. The van der Waals surface area contributed by atoms with Gasteiger partial charge in [0.15, 0.2) is 23.4 Å². The molecule has 2 aromatic carbocycles. The molecule has 0 aliphatic carbocycles. The summed E-state index contributed by atoms with van der Waals surface area (Å²) in [5.41, 5.74) is 3.20. The van der Waals surface area contributed by atoms with Gasteiger partial charge in [-0.3, -0.25) is 4.79 Å². The number of rotatable bonds is 9. The van der Waals surface area contributed by atoms with Crippen molar-refractivity contribution in [2.75, 3.05) is 63.3 Å². The van der Waals surface area contributed by atoms with Crippen molar-refractivity contribution in [2.45, 2.75) is 25.6 Å². The van der Waals surface area contributed by atoms with Gasteiger partial charge in [0.2, 0.25) is 5.95 Å². The van der Waals surface area contributed by atoms with Crippen LogP contribution in [0.25, 0.3) is 33.4 Å². The van der Waals surface area contributed by atoms with Crippen LogP contribution in [0.4, 0.5) is 17.3 Å². The van der Waals surface area contributed by atoms with Gasteiger partial charge in [-0.1, -0.05) is 6.07 Å². The van der Waals surface area contributed by atoms with E-state index >= 15 is 0 Å². The van der Waals surface area contributed by atoms with Crippen LogP contribution in [0.5, 0.6) is 5.75 Å². The highest BCUT2D eigenvalue weighted by molar-refractivity contribution is 5.96. The van der Waals surface area contributed by atoms with Gasteiger partial charge in [-0.05, 0) is 80.9 Å². The van der Waals surface area contributed by atoms with Crippen molar-refractivity contribution in [1.29, 1.82) is 0 Å². The third-order valence-corrected chi connectivity index (χ3v) is 8.89. The Bertz CT molecular complexity index is 2100. The van der Waals surface area contributed by atoms with Crippen LogP contribution >= 0.6 is 0 Å². The van der Waals surface area contributed by atoms with Gasteiger partial charge in [-0.25, -0.2) is 19.6 Å². The van der Waals surface area contributed by atoms with Crippen molar-refractivity contribution < 1.29 is 14.2 Å². The van der Waals surface area contributed by atoms with Crippen LogP contribution in [0.3, 0.4) is 0 Å².